The maximum atomic E-state index is 11.5. The molecule has 0 aromatic heterocycles. The van der Waals surface area contributed by atoms with Gasteiger partial charge in [-0.2, -0.15) is 0 Å². The first-order chi connectivity index (χ1) is 8.04. The number of rotatable bonds is 3. The molecule has 1 N–H and O–H groups in total. The Bertz CT molecular complexity index is 482. The maximum Gasteiger partial charge on any atom is 0.231 e. The number of ketones is 1. The second-order valence-electron chi connectivity index (χ2n) is 4.24. The van der Waals surface area contributed by atoms with Crippen LogP contribution in [0.1, 0.15) is 30.6 Å². The summed E-state index contributed by atoms with van der Waals surface area (Å²) in [7, 11) is 1.72. The number of likely N-dealkylation sites (N-methyl/N-ethyl adjacent to an activating group) is 1. The Morgan fingerprint density at radius 1 is 1.53 bits per heavy atom. The predicted molar refractivity (Wildman–Crippen MR) is 63.8 cm³/mol. The zero-order valence-electron chi connectivity index (χ0n) is 9.93. The summed E-state index contributed by atoms with van der Waals surface area (Å²) >= 11 is 0. The third-order valence-corrected chi connectivity index (χ3v) is 3.15. The van der Waals surface area contributed by atoms with Crippen molar-refractivity contribution >= 4 is 17.4 Å². The Morgan fingerprint density at radius 2 is 2.24 bits per heavy atom. The standard InChI is InChI=1S/C13H15NO3/c1-3-11(15)13(17)8-4-5-10-9(6-8)7-12(16)14(10)2/h4-6,13,17H,3,7H2,1-2H3. The summed E-state index contributed by atoms with van der Waals surface area (Å²) in [5.41, 5.74) is 2.30. The predicted octanol–water partition coefficient (Wildman–Crippen LogP) is 1.22. The molecule has 1 aliphatic heterocycles. The second kappa shape index (κ2) is 4.30. The number of amides is 1. The van der Waals surface area contributed by atoms with E-state index < -0.39 is 6.10 Å². The van der Waals surface area contributed by atoms with Gasteiger partial charge in [0.2, 0.25) is 5.91 Å². The highest BCUT2D eigenvalue weighted by Crippen LogP contribution is 2.30. The Morgan fingerprint density at radius 3 is 2.88 bits per heavy atom. The average Bonchev–Trinajstić information content (AvgIpc) is 2.62. The molecule has 1 aromatic carbocycles. The van der Waals surface area contributed by atoms with Gasteiger partial charge in [-0.25, -0.2) is 0 Å². The van der Waals surface area contributed by atoms with E-state index in [1.165, 1.54) is 0 Å². The van der Waals surface area contributed by atoms with Gasteiger partial charge in [0, 0.05) is 19.2 Å². The third kappa shape index (κ3) is 1.96. The van der Waals surface area contributed by atoms with Gasteiger partial charge in [-0.3, -0.25) is 9.59 Å². The lowest BCUT2D eigenvalue weighted by atomic mass is 10.0. The van der Waals surface area contributed by atoms with Gasteiger partial charge in [-0.05, 0) is 17.2 Å². The Hall–Kier alpha value is -1.68. The summed E-state index contributed by atoms with van der Waals surface area (Å²) in [5.74, 6) is -0.170. The summed E-state index contributed by atoms with van der Waals surface area (Å²) in [4.78, 5) is 24.5. The van der Waals surface area contributed by atoms with E-state index in [0.717, 1.165) is 11.3 Å². The number of carbonyl (C=O) groups is 2. The molecule has 1 aromatic rings. The molecule has 0 radical (unpaired) electrons. The number of aliphatic hydroxyl groups is 1. The van der Waals surface area contributed by atoms with Crippen molar-refractivity contribution in [1.29, 1.82) is 0 Å². The van der Waals surface area contributed by atoms with E-state index in [1.807, 2.05) is 0 Å². The molecule has 17 heavy (non-hydrogen) atoms. The van der Waals surface area contributed by atoms with E-state index in [0.29, 0.717) is 18.4 Å². The summed E-state index contributed by atoms with van der Waals surface area (Å²) in [6.45, 7) is 1.72. The van der Waals surface area contributed by atoms with Crippen molar-refractivity contribution in [2.45, 2.75) is 25.9 Å². The van der Waals surface area contributed by atoms with Crippen molar-refractivity contribution in [2.24, 2.45) is 0 Å². The number of carbonyl (C=O) groups excluding carboxylic acids is 2. The van der Waals surface area contributed by atoms with Crippen LogP contribution in [0.2, 0.25) is 0 Å². The lowest BCUT2D eigenvalue weighted by Crippen LogP contribution is -2.20. The highest BCUT2D eigenvalue weighted by atomic mass is 16.3. The van der Waals surface area contributed by atoms with Gasteiger partial charge in [0.1, 0.15) is 6.10 Å². The lowest BCUT2D eigenvalue weighted by molar-refractivity contribution is -0.127. The smallest absolute Gasteiger partial charge is 0.231 e. The zero-order chi connectivity index (χ0) is 12.6. The summed E-state index contributed by atoms with van der Waals surface area (Å²) in [6, 6.07) is 5.23. The van der Waals surface area contributed by atoms with Gasteiger partial charge in [0.25, 0.3) is 0 Å². The first-order valence-corrected chi connectivity index (χ1v) is 5.64. The number of aliphatic hydroxyl groups excluding tert-OH is 1. The van der Waals surface area contributed by atoms with Crippen molar-refractivity contribution in [3.8, 4) is 0 Å². The minimum atomic E-state index is -1.08. The van der Waals surface area contributed by atoms with Crippen molar-refractivity contribution in [3.05, 3.63) is 29.3 Å². The van der Waals surface area contributed by atoms with Gasteiger partial charge in [-0.1, -0.05) is 19.1 Å². The molecule has 1 amide bonds. The minimum absolute atomic E-state index is 0.0356. The number of nitrogens with zero attached hydrogens (tertiary/aromatic N) is 1. The zero-order valence-corrected chi connectivity index (χ0v) is 9.93. The number of Topliss-reactive ketones (excluding diaryl/α,β-unsaturated/α-hetero) is 1. The van der Waals surface area contributed by atoms with Crippen molar-refractivity contribution in [2.75, 3.05) is 11.9 Å². The van der Waals surface area contributed by atoms with E-state index in [-0.39, 0.29) is 11.7 Å². The molecule has 0 saturated heterocycles. The average molecular weight is 233 g/mol. The summed E-state index contributed by atoms with van der Waals surface area (Å²) < 4.78 is 0. The highest BCUT2D eigenvalue weighted by Gasteiger charge is 2.25. The van der Waals surface area contributed by atoms with Crippen molar-refractivity contribution < 1.29 is 14.7 Å². The SMILES string of the molecule is CCC(=O)C(O)c1ccc2c(c1)CC(=O)N2C. The molecule has 1 heterocycles. The molecular weight excluding hydrogens is 218 g/mol. The van der Waals surface area contributed by atoms with Gasteiger partial charge in [-0.15, -0.1) is 0 Å². The first kappa shape index (κ1) is 11.8. The van der Waals surface area contributed by atoms with Crippen LogP contribution >= 0.6 is 0 Å². The van der Waals surface area contributed by atoms with Gasteiger partial charge >= 0.3 is 0 Å². The topological polar surface area (TPSA) is 57.6 Å². The van der Waals surface area contributed by atoms with Crippen LogP contribution in [0.4, 0.5) is 5.69 Å². The summed E-state index contributed by atoms with van der Waals surface area (Å²) in [5, 5.41) is 9.80. The van der Waals surface area contributed by atoms with Crippen molar-refractivity contribution in [1.82, 2.24) is 0 Å². The second-order valence-corrected chi connectivity index (χ2v) is 4.24. The van der Waals surface area contributed by atoms with Gasteiger partial charge in [0.15, 0.2) is 5.78 Å². The molecule has 90 valence electrons. The minimum Gasteiger partial charge on any atom is -0.381 e. The molecule has 2 rings (SSSR count). The molecule has 1 unspecified atom stereocenters. The van der Waals surface area contributed by atoms with Crippen LogP contribution in [0.25, 0.3) is 0 Å². The van der Waals surface area contributed by atoms with Gasteiger partial charge < -0.3 is 10.0 Å². The molecule has 4 nitrogen and oxygen atoms in total. The highest BCUT2D eigenvalue weighted by molar-refractivity contribution is 6.01. The molecule has 4 heteroatoms. The molecule has 1 atom stereocenters. The fraction of sp³-hybridized carbons (Fsp3) is 0.385. The quantitative estimate of drug-likeness (QED) is 0.854. The molecule has 0 spiro atoms. The molecule has 0 saturated carbocycles. The molecule has 0 aliphatic carbocycles. The number of hydrogen-bond donors (Lipinski definition) is 1. The first-order valence-electron chi connectivity index (χ1n) is 5.64. The number of hydrogen-bond acceptors (Lipinski definition) is 3. The van der Waals surface area contributed by atoms with Crippen LogP contribution in [0, 0.1) is 0 Å². The monoisotopic (exact) mass is 233 g/mol. The number of anilines is 1. The van der Waals surface area contributed by atoms with Crippen molar-refractivity contribution in [3.63, 3.8) is 0 Å². The Labute approximate surface area is 99.9 Å². The number of benzene rings is 1. The fourth-order valence-electron chi connectivity index (χ4n) is 2.04. The van der Waals surface area contributed by atoms with Crippen LogP contribution in [0.15, 0.2) is 18.2 Å². The van der Waals surface area contributed by atoms with E-state index in [9.17, 15) is 14.7 Å². The fourth-order valence-corrected chi connectivity index (χ4v) is 2.04. The normalized spacial score (nSPS) is 15.9. The molecule has 1 aliphatic rings. The molecule has 0 fully saturated rings. The maximum absolute atomic E-state index is 11.5. The van der Waals surface area contributed by atoms with Crippen LogP contribution in [-0.4, -0.2) is 23.8 Å². The van der Waals surface area contributed by atoms with Crippen LogP contribution in [-0.2, 0) is 16.0 Å². The largest absolute Gasteiger partial charge is 0.381 e. The van der Waals surface area contributed by atoms with E-state index in [1.54, 1.807) is 37.1 Å². The Kier molecular flexibility index (Phi) is 2.98. The van der Waals surface area contributed by atoms with E-state index in [2.05, 4.69) is 0 Å². The third-order valence-electron chi connectivity index (χ3n) is 3.15. The van der Waals surface area contributed by atoms with Crippen LogP contribution in [0.3, 0.4) is 0 Å². The Balaban J connectivity index is 2.33. The summed E-state index contributed by atoms with van der Waals surface area (Å²) in [6.07, 6.45) is -0.435. The van der Waals surface area contributed by atoms with Crippen LogP contribution in [0.5, 0.6) is 0 Å². The lowest BCUT2D eigenvalue weighted by Gasteiger charge is -2.12. The molecular formula is C13H15NO3. The number of fused-ring (bicyclic) bond motifs is 1. The van der Waals surface area contributed by atoms with E-state index >= 15 is 0 Å². The van der Waals surface area contributed by atoms with Gasteiger partial charge in [0.05, 0.1) is 6.42 Å². The molecule has 0 bridgehead atoms. The van der Waals surface area contributed by atoms with Crippen LogP contribution < -0.4 is 4.90 Å². The van der Waals surface area contributed by atoms with E-state index in [4.69, 9.17) is 0 Å².